The summed E-state index contributed by atoms with van der Waals surface area (Å²) in [6, 6.07) is -0.206. The van der Waals surface area contributed by atoms with E-state index in [1.807, 2.05) is 39.6 Å². The van der Waals surface area contributed by atoms with Gasteiger partial charge in [-0.05, 0) is 34.2 Å². The van der Waals surface area contributed by atoms with Gasteiger partial charge in [-0.15, -0.1) is 0 Å². The first-order valence-electron chi connectivity index (χ1n) is 5.47. The zero-order chi connectivity index (χ0) is 12.1. The first-order valence-corrected chi connectivity index (χ1v) is 5.47. The number of hydrogen-bond donors (Lipinski definition) is 2. The monoisotopic (exact) mass is 216 g/mol. The van der Waals surface area contributed by atoms with Crippen LogP contribution in [-0.2, 0) is 4.79 Å². The second kappa shape index (κ2) is 6.08. The number of nitrogens with zero attached hydrogens (tertiary/aromatic N) is 1. The summed E-state index contributed by atoms with van der Waals surface area (Å²) in [5.41, 5.74) is -0.161. The van der Waals surface area contributed by atoms with Crippen molar-refractivity contribution in [3.63, 3.8) is 0 Å². The Morgan fingerprint density at radius 3 is 2.47 bits per heavy atom. The molecule has 4 heteroatoms. The number of hydrogen-bond acceptors (Lipinski definition) is 3. The average molecular weight is 216 g/mol. The van der Waals surface area contributed by atoms with E-state index in [-0.39, 0.29) is 24.1 Å². The molecule has 0 aromatic carbocycles. The molecule has 90 valence electrons. The summed E-state index contributed by atoms with van der Waals surface area (Å²) in [5, 5.41) is 11.8. The van der Waals surface area contributed by atoms with Crippen LogP contribution in [0.15, 0.2) is 0 Å². The van der Waals surface area contributed by atoms with E-state index in [0.29, 0.717) is 6.54 Å². The number of aliphatic hydroxyl groups is 1. The fraction of sp³-hybridized carbons (Fsp3) is 0.909. The SMILES string of the molecule is CCC(C)(C)NC(=O)C(C)N(C)CCO. The molecular formula is C11H24N2O2. The van der Waals surface area contributed by atoms with Gasteiger partial charge in [0.15, 0.2) is 0 Å². The van der Waals surface area contributed by atoms with Crippen LogP contribution in [0.2, 0.25) is 0 Å². The maximum atomic E-state index is 11.8. The third-order valence-electron chi connectivity index (χ3n) is 2.84. The number of rotatable bonds is 6. The van der Waals surface area contributed by atoms with Crippen LogP contribution < -0.4 is 5.32 Å². The average Bonchev–Trinajstić information content (AvgIpc) is 2.16. The van der Waals surface area contributed by atoms with Crippen molar-refractivity contribution in [2.75, 3.05) is 20.2 Å². The van der Waals surface area contributed by atoms with Crippen LogP contribution in [0.5, 0.6) is 0 Å². The van der Waals surface area contributed by atoms with E-state index < -0.39 is 0 Å². The van der Waals surface area contributed by atoms with Gasteiger partial charge in [0, 0.05) is 12.1 Å². The van der Waals surface area contributed by atoms with Crippen molar-refractivity contribution in [3.05, 3.63) is 0 Å². The van der Waals surface area contributed by atoms with Crippen molar-refractivity contribution < 1.29 is 9.90 Å². The molecule has 4 nitrogen and oxygen atoms in total. The van der Waals surface area contributed by atoms with Gasteiger partial charge in [0.25, 0.3) is 0 Å². The number of carbonyl (C=O) groups excluding carboxylic acids is 1. The molecule has 0 heterocycles. The Hall–Kier alpha value is -0.610. The van der Waals surface area contributed by atoms with Gasteiger partial charge in [-0.2, -0.15) is 0 Å². The van der Waals surface area contributed by atoms with E-state index in [0.717, 1.165) is 6.42 Å². The molecule has 0 spiro atoms. The zero-order valence-corrected chi connectivity index (χ0v) is 10.5. The van der Waals surface area contributed by atoms with Gasteiger partial charge in [0.1, 0.15) is 0 Å². The lowest BCUT2D eigenvalue weighted by molar-refractivity contribution is -0.127. The molecule has 1 amide bonds. The Morgan fingerprint density at radius 2 is 2.07 bits per heavy atom. The van der Waals surface area contributed by atoms with E-state index in [1.165, 1.54) is 0 Å². The Bertz CT molecular complexity index is 205. The van der Waals surface area contributed by atoms with Gasteiger partial charge < -0.3 is 10.4 Å². The lowest BCUT2D eigenvalue weighted by atomic mass is 10.0. The molecule has 0 rings (SSSR count). The Labute approximate surface area is 92.7 Å². The minimum Gasteiger partial charge on any atom is -0.395 e. The Morgan fingerprint density at radius 1 is 1.53 bits per heavy atom. The highest BCUT2D eigenvalue weighted by atomic mass is 16.3. The van der Waals surface area contributed by atoms with E-state index in [2.05, 4.69) is 5.32 Å². The van der Waals surface area contributed by atoms with Crippen LogP contribution in [0.3, 0.4) is 0 Å². The fourth-order valence-electron chi connectivity index (χ4n) is 1.08. The van der Waals surface area contributed by atoms with Gasteiger partial charge in [-0.1, -0.05) is 6.92 Å². The maximum Gasteiger partial charge on any atom is 0.237 e. The molecule has 0 aliphatic heterocycles. The molecule has 0 fully saturated rings. The lowest BCUT2D eigenvalue weighted by Crippen LogP contribution is -2.51. The van der Waals surface area contributed by atoms with Crippen molar-refractivity contribution in [1.82, 2.24) is 10.2 Å². The highest BCUT2D eigenvalue weighted by Crippen LogP contribution is 2.08. The third kappa shape index (κ3) is 5.14. The van der Waals surface area contributed by atoms with E-state index in [4.69, 9.17) is 5.11 Å². The van der Waals surface area contributed by atoms with E-state index in [9.17, 15) is 4.79 Å². The van der Waals surface area contributed by atoms with Gasteiger partial charge in [-0.3, -0.25) is 9.69 Å². The van der Waals surface area contributed by atoms with Crippen LogP contribution in [0.25, 0.3) is 0 Å². The quantitative estimate of drug-likeness (QED) is 0.684. The van der Waals surface area contributed by atoms with E-state index in [1.54, 1.807) is 0 Å². The van der Waals surface area contributed by atoms with Gasteiger partial charge >= 0.3 is 0 Å². The highest BCUT2D eigenvalue weighted by molar-refractivity contribution is 5.81. The molecule has 0 aliphatic rings. The number of amides is 1. The normalized spacial score (nSPS) is 14.1. The summed E-state index contributed by atoms with van der Waals surface area (Å²) in [5.74, 6) is 0.0119. The Balaban J connectivity index is 4.21. The molecule has 1 unspecified atom stereocenters. The molecule has 0 aromatic rings. The topological polar surface area (TPSA) is 52.6 Å². The Kier molecular flexibility index (Phi) is 5.83. The summed E-state index contributed by atoms with van der Waals surface area (Å²) >= 11 is 0. The predicted molar refractivity (Wildman–Crippen MR) is 61.7 cm³/mol. The first kappa shape index (κ1) is 14.4. The number of carbonyl (C=O) groups is 1. The van der Waals surface area contributed by atoms with Gasteiger partial charge in [-0.25, -0.2) is 0 Å². The summed E-state index contributed by atoms with van der Waals surface area (Å²) in [4.78, 5) is 13.6. The third-order valence-corrected chi connectivity index (χ3v) is 2.84. The van der Waals surface area contributed by atoms with Gasteiger partial charge in [0.2, 0.25) is 5.91 Å². The molecule has 0 aliphatic carbocycles. The molecule has 1 atom stereocenters. The largest absolute Gasteiger partial charge is 0.395 e. The van der Waals surface area contributed by atoms with Crippen molar-refractivity contribution in [3.8, 4) is 0 Å². The van der Waals surface area contributed by atoms with Crippen LogP contribution >= 0.6 is 0 Å². The molecule has 0 saturated carbocycles. The minimum absolute atomic E-state index is 0.0119. The van der Waals surface area contributed by atoms with Gasteiger partial charge in [0.05, 0.1) is 12.6 Å². The van der Waals surface area contributed by atoms with Crippen molar-refractivity contribution in [1.29, 1.82) is 0 Å². The van der Waals surface area contributed by atoms with Crippen molar-refractivity contribution in [2.24, 2.45) is 0 Å². The standard InChI is InChI=1S/C11H24N2O2/c1-6-11(3,4)12-10(15)9(2)13(5)7-8-14/h9,14H,6-8H2,1-5H3,(H,12,15). The second-order valence-corrected chi connectivity index (χ2v) is 4.61. The summed E-state index contributed by atoms with van der Waals surface area (Å²) < 4.78 is 0. The molecule has 15 heavy (non-hydrogen) atoms. The molecule has 0 aromatic heterocycles. The molecule has 0 bridgehead atoms. The molecule has 0 radical (unpaired) electrons. The first-order chi connectivity index (χ1) is 6.84. The van der Waals surface area contributed by atoms with Crippen LogP contribution in [0.1, 0.15) is 34.1 Å². The zero-order valence-electron chi connectivity index (χ0n) is 10.5. The fourth-order valence-corrected chi connectivity index (χ4v) is 1.08. The summed E-state index contributed by atoms with van der Waals surface area (Å²) in [7, 11) is 1.83. The van der Waals surface area contributed by atoms with Crippen LogP contribution in [0.4, 0.5) is 0 Å². The molecular weight excluding hydrogens is 192 g/mol. The van der Waals surface area contributed by atoms with Crippen molar-refractivity contribution >= 4 is 5.91 Å². The smallest absolute Gasteiger partial charge is 0.237 e. The number of aliphatic hydroxyl groups excluding tert-OH is 1. The summed E-state index contributed by atoms with van der Waals surface area (Å²) in [6.07, 6.45) is 0.898. The molecule has 0 saturated heterocycles. The maximum absolute atomic E-state index is 11.8. The lowest BCUT2D eigenvalue weighted by Gasteiger charge is -2.29. The molecule has 2 N–H and O–H groups in total. The highest BCUT2D eigenvalue weighted by Gasteiger charge is 2.23. The van der Waals surface area contributed by atoms with Crippen molar-refractivity contribution in [2.45, 2.75) is 45.7 Å². The summed E-state index contributed by atoms with van der Waals surface area (Å²) in [6.45, 7) is 8.48. The van der Waals surface area contributed by atoms with E-state index >= 15 is 0 Å². The van der Waals surface area contributed by atoms with Crippen LogP contribution in [0, 0.1) is 0 Å². The minimum atomic E-state index is -0.206. The predicted octanol–water partition coefficient (Wildman–Crippen LogP) is 0.604. The second-order valence-electron chi connectivity index (χ2n) is 4.61. The number of nitrogens with one attached hydrogen (secondary N) is 1. The van der Waals surface area contributed by atoms with Crippen LogP contribution in [-0.4, -0.2) is 47.7 Å². The number of likely N-dealkylation sites (N-methyl/N-ethyl adjacent to an activating group) is 1.